The number of hydrogen-bond donors (Lipinski definition) is 1. The van der Waals surface area contributed by atoms with Crippen molar-refractivity contribution in [1.82, 2.24) is 0 Å². The molecule has 0 spiro atoms. The molecule has 3 nitrogen and oxygen atoms in total. The molecule has 0 bridgehead atoms. The Labute approximate surface area is 80.9 Å². The number of benzene rings is 1. The summed E-state index contributed by atoms with van der Waals surface area (Å²) in [6.45, 7) is 1.53. The number of alkyl halides is 1. The maximum absolute atomic E-state index is 11.2. The fourth-order valence-electron chi connectivity index (χ4n) is 0.857. The molecule has 0 aliphatic rings. The van der Waals surface area contributed by atoms with E-state index < -0.39 is 11.5 Å². The zero-order valence-corrected chi connectivity index (χ0v) is 7.78. The molecule has 0 radical (unpaired) electrons. The minimum Gasteiger partial charge on any atom is -0.507 e. The number of carbonyl (C=O) groups is 1. The molecule has 0 saturated heterocycles. The average Bonchev–Trinajstić information content (AvgIpc) is 2.03. The maximum atomic E-state index is 11.2. The number of halogens is 1. The first-order valence-corrected chi connectivity index (χ1v) is 4.18. The van der Waals surface area contributed by atoms with Crippen LogP contribution in [0.4, 0.5) is 0 Å². The zero-order chi connectivity index (χ0) is 9.84. The molecule has 0 amide bonds. The van der Waals surface area contributed by atoms with Crippen molar-refractivity contribution in [2.45, 2.75) is 12.5 Å². The van der Waals surface area contributed by atoms with Crippen LogP contribution in [0.2, 0.25) is 0 Å². The Kier molecular flexibility index (Phi) is 3.14. The number of phenolic OH excluding ortho intramolecular Hbond substituents is 1. The van der Waals surface area contributed by atoms with Gasteiger partial charge in [-0.2, -0.15) is 0 Å². The molecule has 1 unspecified atom stereocenters. The van der Waals surface area contributed by atoms with Crippen molar-refractivity contribution in [3.63, 3.8) is 0 Å². The summed E-state index contributed by atoms with van der Waals surface area (Å²) in [5.74, 6) is -0.731. The molecule has 13 heavy (non-hydrogen) atoms. The van der Waals surface area contributed by atoms with Gasteiger partial charge in [0.05, 0.1) is 0 Å². The Morgan fingerprint density at radius 1 is 1.54 bits per heavy atom. The highest BCUT2D eigenvalue weighted by Gasteiger charge is 2.13. The molecule has 0 aromatic heterocycles. The quantitative estimate of drug-likeness (QED) is 0.588. The Balaban J connectivity index is 2.83. The van der Waals surface area contributed by atoms with Gasteiger partial charge in [0.1, 0.15) is 11.3 Å². The first-order chi connectivity index (χ1) is 6.11. The van der Waals surface area contributed by atoms with Gasteiger partial charge in [-0.3, -0.25) is 0 Å². The van der Waals surface area contributed by atoms with Crippen LogP contribution in [-0.2, 0) is 4.74 Å². The molecule has 1 aromatic rings. The summed E-state index contributed by atoms with van der Waals surface area (Å²) in [4.78, 5) is 11.2. The van der Waals surface area contributed by atoms with E-state index in [-0.39, 0.29) is 11.3 Å². The van der Waals surface area contributed by atoms with Crippen LogP contribution in [0.3, 0.4) is 0 Å². The number of esters is 1. The van der Waals surface area contributed by atoms with E-state index in [1.165, 1.54) is 19.1 Å². The lowest BCUT2D eigenvalue weighted by Gasteiger charge is -2.06. The molecular weight excluding hydrogens is 192 g/mol. The average molecular weight is 201 g/mol. The molecule has 1 atom stereocenters. The number of rotatable bonds is 2. The fourth-order valence-corrected chi connectivity index (χ4v) is 0.938. The standard InChI is InChI=1S/C9H9ClO3/c1-6(10)13-9(12)7-4-2-3-5-8(7)11/h2-6,11H,1H3. The molecule has 0 aliphatic carbocycles. The van der Waals surface area contributed by atoms with Gasteiger partial charge < -0.3 is 9.84 Å². The number of hydrogen-bond acceptors (Lipinski definition) is 3. The van der Waals surface area contributed by atoms with Crippen molar-refractivity contribution in [1.29, 1.82) is 0 Å². The van der Waals surface area contributed by atoms with Crippen LogP contribution in [0.25, 0.3) is 0 Å². The lowest BCUT2D eigenvalue weighted by atomic mass is 10.2. The van der Waals surface area contributed by atoms with Gasteiger partial charge in [-0.25, -0.2) is 4.79 Å². The molecule has 70 valence electrons. The summed E-state index contributed by atoms with van der Waals surface area (Å²) < 4.78 is 4.68. The third-order valence-corrected chi connectivity index (χ3v) is 1.48. The summed E-state index contributed by atoms with van der Waals surface area (Å²) in [7, 11) is 0. The molecule has 0 aliphatic heterocycles. The number of para-hydroxylation sites is 1. The second kappa shape index (κ2) is 4.14. The largest absolute Gasteiger partial charge is 0.507 e. The Bertz CT molecular complexity index is 309. The second-order valence-corrected chi connectivity index (χ2v) is 3.08. The highest BCUT2D eigenvalue weighted by Crippen LogP contribution is 2.17. The predicted octanol–water partition coefficient (Wildman–Crippen LogP) is 2.13. The van der Waals surface area contributed by atoms with Gasteiger partial charge in [0.15, 0.2) is 5.56 Å². The van der Waals surface area contributed by atoms with Crippen LogP contribution in [0.15, 0.2) is 24.3 Å². The van der Waals surface area contributed by atoms with E-state index in [4.69, 9.17) is 11.6 Å². The lowest BCUT2D eigenvalue weighted by Crippen LogP contribution is -2.09. The molecule has 1 N–H and O–H groups in total. The highest BCUT2D eigenvalue weighted by molar-refractivity contribution is 6.20. The van der Waals surface area contributed by atoms with Crippen molar-refractivity contribution in [2.24, 2.45) is 0 Å². The van der Waals surface area contributed by atoms with Crippen molar-refractivity contribution >= 4 is 17.6 Å². The number of ether oxygens (including phenoxy) is 1. The molecule has 0 heterocycles. The van der Waals surface area contributed by atoms with Gasteiger partial charge >= 0.3 is 5.97 Å². The summed E-state index contributed by atoms with van der Waals surface area (Å²) >= 11 is 5.45. The number of phenols is 1. The van der Waals surface area contributed by atoms with Gasteiger partial charge in [0.25, 0.3) is 0 Å². The van der Waals surface area contributed by atoms with Crippen molar-refractivity contribution < 1.29 is 14.6 Å². The summed E-state index contributed by atoms with van der Waals surface area (Å²) in [5, 5.41) is 9.25. The Morgan fingerprint density at radius 2 is 2.15 bits per heavy atom. The first kappa shape index (κ1) is 9.86. The van der Waals surface area contributed by atoms with Crippen molar-refractivity contribution in [3.05, 3.63) is 29.8 Å². The smallest absolute Gasteiger partial charge is 0.343 e. The van der Waals surface area contributed by atoms with E-state index in [9.17, 15) is 9.90 Å². The minimum atomic E-state index is -0.702. The third kappa shape index (κ3) is 2.63. The molecule has 1 aromatic carbocycles. The SMILES string of the molecule is CC(Cl)OC(=O)c1ccccc1O. The van der Waals surface area contributed by atoms with Crippen LogP contribution in [-0.4, -0.2) is 16.6 Å². The number of aromatic hydroxyl groups is 1. The minimum absolute atomic E-state index is 0.107. The van der Waals surface area contributed by atoms with Gasteiger partial charge in [0.2, 0.25) is 0 Å². The van der Waals surface area contributed by atoms with Crippen LogP contribution < -0.4 is 0 Å². The molecule has 1 rings (SSSR count). The Hall–Kier alpha value is -1.22. The molecule has 0 saturated carbocycles. The third-order valence-electron chi connectivity index (χ3n) is 1.39. The van der Waals surface area contributed by atoms with Gasteiger partial charge in [-0.1, -0.05) is 23.7 Å². The van der Waals surface area contributed by atoms with E-state index in [0.717, 1.165) is 0 Å². The van der Waals surface area contributed by atoms with Crippen molar-refractivity contribution in [3.8, 4) is 5.75 Å². The van der Waals surface area contributed by atoms with Crippen LogP contribution in [0.1, 0.15) is 17.3 Å². The Morgan fingerprint density at radius 3 is 2.69 bits per heavy atom. The normalized spacial score (nSPS) is 12.2. The zero-order valence-electron chi connectivity index (χ0n) is 7.03. The first-order valence-electron chi connectivity index (χ1n) is 3.74. The summed E-state index contributed by atoms with van der Waals surface area (Å²) in [6.07, 6.45) is 0. The highest BCUT2D eigenvalue weighted by atomic mass is 35.5. The maximum Gasteiger partial charge on any atom is 0.343 e. The van der Waals surface area contributed by atoms with Crippen molar-refractivity contribution in [2.75, 3.05) is 0 Å². The van der Waals surface area contributed by atoms with E-state index in [2.05, 4.69) is 4.74 Å². The van der Waals surface area contributed by atoms with E-state index >= 15 is 0 Å². The van der Waals surface area contributed by atoms with E-state index in [0.29, 0.717) is 0 Å². The summed E-state index contributed by atoms with van der Waals surface area (Å²) in [5.41, 5.74) is -0.581. The molecule has 0 fully saturated rings. The van der Waals surface area contributed by atoms with Gasteiger partial charge in [-0.05, 0) is 19.1 Å². The van der Waals surface area contributed by atoms with Crippen LogP contribution in [0.5, 0.6) is 5.75 Å². The van der Waals surface area contributed by atoms with Crippen LogP contribution >= 0.6 is 11.6 Å². The number of carbonyl (C=O) groups excluding carboxylic acids is 1. The van der Waals surface area contributed by atoms with Gasteiger partial charge in [-0.15, -0.1) is 0 Å². The monoisotopic (exact) mass is 200 g/mol. The fraction of sp³-hybridized carbons (Fsp3) is 0.222. The molecule has 4 heteroatoms. The topological polar surface area (TPSA) is 46.5 Å². The van der Waals surface area contributed by atoms with Crippen LogP contribution in [0, 0.1) is 0 Å². The molecular formula is C9H9ClO3. The van der Waals surface area contributed by atoms with E-state index in [1.807, 2.05) is 0 Å². The van der Waals surface area contributed by atoms with E-state index in [1.54, 1.807) is 12.1 Å². The lowest BCUT2D eigenvalue weighted by molar-refractivity contribution is 0.0469. The predicted molar refractivity (Wildman–Crippen MR) is 48.8 cm³/mol. The second-order valence-electron chi connectivity index (χ2n) is 2.47. The van der Waals surface area contributed by atoms with Gasteiger partial charge in [0, 0.05) is 0 Å². The summed E-state index contributed by atoms with van der Waals surface area (Å²) in [6, 6.07) is 6.14.